The fourth-order valence-electron chi connectivity index (χ4n) is 18.0. The number of fused-ring (bicyclic) bond motifs is 13. The van der Waals surface area contributed by atoms with E-state index in [0.717, 1.165) is 96.3 Å². The van der Waals surface area contributed by atoms with Gasteiger partial charge in [0.2, 0.25) is 0 Å². The van der Waals surface area contributed by atoms with Crippen molar-refractivity contribution in [3.05, 3.63) is 174 Å². The van der Waals surface area contributed by atoms with E-state index in [1.54, 1.807) is 39.0 Å². The zero-order chi connectivity index (χ0) is 56.8. The van der Waals surface area contributed by atoms with Gasteiger partial charge in [-0.3, -0.25) is 9.59 Å². The second-order valence-corrected chi connectivity index (χ2v) is 28.2. The Morgan fingerprint density at radius 2 is 0.976 bits per heavy atom. The van der Waals surface area contributed by atoms with E-state index in [1.165, 1.54) is 104 Å². The predicted molar refractivity (Wildman–Crippen MR) is 339 cm³/mol. The van der Waals surface area contributed by atoms with Gasteiger partial charge in [-0.1, -0.05) is 139 Å². The molecule has 9 atom stereocenters. The van der Waals surface area contributed by atoms with Crippen molar-refractivity contribution >= 4 is 46.3 Å². The minimum atomic E-state index is -0.574. The fraction of sp³-hybridized carbons (Fsp3) is 0.526. The standard InChI is InChI=1S/C19H24O2.C19H24O.2C19H22O.ClH/c1-13-6-7-16-14(4-3-5-15(16)12-13)10-11-19(2)17(20)8-9-18(19)21;3*1-12-3-5-14-13(11-12)4-6-16-15(14)9-10-19(2)17(16)7-8-18(19)20;/h6-7,10,12,17,20H,3-5,8-9,11H2,1-2H3;3,5,11,17-18,20H,4,6-10H2,1-2H3;3,5,11,17H,4,6-10H2,1-2H3;3,5,7,11,18,20H,4,6,8-10H2,1-2H3;1H/b14-10+;;;;/t17-,19+;17-,18-,19-;17-,19-;18-,19-;/m0000./s1. The van der Waals surface area contributed by atoms with Crippen molar-refractivity contribution in [3.63, 3.8) is 0 Å². The molecular weight excluding hydrogens is 1030 g/mol. The Morgan fingerprint density at radius 1 is 0.463 bits per heavy atom. The van der Waals surface area contributed by atoms with E-state index in [0.29, 0.717) is 36.9 Å². The van der Waals surface area contributed by atoms with E-state index in [2.05, 4.69) is 133 Å². The Morgan fingerprint density at radius 3 is 1.57 bits per heavy atom. The SMILES string of the molecule is Cc1ccc2c(c1)CCC/C2=C\C[C@@]1(C)C(=O)CC[C@@H]1O.Cc1ccc2c(c1)CCC1=C2CC[C@@]2(C)C1=CC[C@@H]2O.Cc1ccc2c(c1)CCC1=C2CC[C@]2(C)C(=O)CC[C@@H]12.Cc1ccc2c(c1)CCC1=C2CC[C@]2(C)[C@@H](O)CC[C@@H]12.Cl. The van der Waals surface area contributed by atoms with Gasteiger partial charge < -0.3 is 15.3 Å². The molecule has 4 aromatic rings. The molecule has 15 rings (SSSR count). The van der Waals surface area contributed by atoms with Crippen molar-refractivity contribution in [2.45, 2.75) is 221 Å². The molecule has 3 fully saturated rings. The van der Waals surface area contributed by atoms with E-state index in [9.17, 15) is 24.9 Å². The van der Waals surface area contributed by atoms with Gasteiger partial charge in [0.05, 0.1) is 23.7 Å². The van der Waals surface area contributed by atoms with Gasteiger partial charge in [-0.25, -0.2) is 0 Å². The van der Waals surface area contributed by atoms with Crippen LogP contribution in [0.2, 0.25) is 0 Å². The molecule has 0 spiro atoms. The van der Waals surface area contributed by atoms with Crippen LogP contribution in [-0.2, 0) is 35.3 Å². The molecule has 82 heavy (non-hydrogen) atoms. The topological polar surface area (TPSA) is 94.8 Å². The number of carbonyl (C=O) groups excluding carboxylic acids is 2. The molecule has 6 heteroatoms. The zero-order valence-electron chi connectivity index (χ0n) is 50.8. The van der Waals surface area contributed by atoms with Gasteiger partial charge in [0.15, 0.2) is 0 Å². The molecule has 0 saturated heterocycles. The summed E-state index contributed by atoms with van der Waals surface area (Å²) in [5.41, 5.74) is 29.2. The highest BCUT2D eigenvalue weighted by atomic mass is 35.5. The third-order valence-electron chi connectivity index (χ3n) is 23.3. The van der Waals surface area contributed by atoms with Gasteiger partial charge in [-0.2, -0.15) is 0 Å². The summed E-state index contributed by atoms with van der Waals surface area (Å²) in [4.78, 5) is 24.4. The number of hydrogen-bond donors (Lipinski definition) is 3. The van der Waals surface area contributed by atoms with Crippen LogP contribution < -0.4 is 0 Å². The third kappa shape index (κ3) is 10.3. The summed E-state index contributed by atoms with van der Waals surface area (Å²) in [6, 6.07) is 27.4. The summed E-state index contributed by atoms with van der Waals surface area (Å²) in [6.45, 7) is 17.4. The Hall–Kier alpha value is -4.91. The molecule has 3 saturated carbocycles. The largest absolute Gasteiger partial charge is 0.393 e. The van der Waals surface area contributed by atoms with Crippen LogP contribution in [0.1, 0.15) is 216 Å². The number of halogens is 1. The van der Waals surface area contributed by atoms with Crippen LogP contribution in [0.15, 0.2) is 107 Å². The minimum absolute atomic E-state index is 0. The number of rotatable bonds is 2. The highest BCUT2D eigenvalue weighted by Gasteiger charge is 2.52. The van der Waals surface area contributed by atoms with Crippen LogP contribution in [0.4, 0.5) is 0 Å². The van der Waals surface area contributed by atoms with Crippen LogP contribution in [0.3, 0.4) is 0 Å². The number of aliphatic hydroxyl groups is 3. The molecular formula is C76H93ClO5. The molecule has 0 aromatic heterocycles. The Kier molecular flexibility index (Phi) is 16.4. The van der Waals surface area contributed by atoms with Gasteiger partial charge in [0.25, 0.3) is 0 Å². The first kappa shape index (κ1) is 58.8. The van der Waals surface area contributed by atoms with Crippen LogP contribution in [-0.4, -0.2) is 45.2 Å². The minimum Gasteiger partial charge on any atom is -0.393 e. The van der Waals surface area contributed by atoms with Gasteiger partial charge in [-0.05, 0) is 259 Å². The molecule has 0 radical (unpaired) electrons. The molecule has 0 amide bonds. The van der Waals surface area contributed by atoms with E-state index < -0.39 is 11.5 Å². The van der Waals surface area contributed by atoms with Crippen molar-refractivity contribution < 1.29 is 24.9 Å². The average molecular weight is 1120 g/mol. The average Bonchev–Trinajstić information content (AvgIpc) is 3.94. The molecule has 4 aromatic carbocycles. The first-order valence-corrected chi connectivity index (χ1v) is 31.9. The Bertz CT molecular complexity index is 3380. The highest BCUT2D eigenvalue weighted by Crippen LogP contribution is 2.60. The Balaban J connectivity index is 0.000000114. The zero-order valence-corrected chi connectivity index (χ0v) is 51.6. The van der Waals surface area contributed by atoms with Gasteiger partial charge >= 0.3 is 0 Å². The van der Waals surface area contributed by atoms with Crippen LogP contribution in [0, 0.1) is 61.2 Å². The molecule has 0 heterocycles. The molecule has 11 aliphatic carbocycles. The summed E-state index contributed by atoms with van der Waals surface area (Å²) in [7, 11) is 0. The second-order valence-electron chi connectivity index (χ2n) is 28.2. The van der Waals surface area contributed by atoms with Crippen molar-refractivity contribution in [2.24, 2.45) is 33.5 Å². The first-order valence-electron chi connectivity index (χ1n) is 31.9. The number of carbonyl (C=O) groups is 2. The molecule has 434 valence electrons. The Labute approximate surface area is 497 Å². The maximum absolute atomic E-state index is 12.3. The van der Waals surface area contributed by atoms with Crippen molar-refractivity contribution in [1.82, 2.24) is 0 Å². The number of hydrogen-bond acceptors (Lipinski definition) is 5. The lowest BCUT2D eigenvalue weighted by atomic mass is 9.62. The van der Waals surface area contributed by atoms with Crippen LogP contribution >= 0.6 is 12.4 Å². The molecule has 11 aliphatic rings. The maximum Gasteiger partial charge on any atom is 0.141 e. The maximum atomic E-state index is 12.3. The number of aliphatic hydroxyl groups excluding tert-OH is 3. The summed E-state index contributed by atoms with van der Waals surface area (Å²) in [5.74, 6) is 1.90. The van der Waals surface area contributed by atoms with Crippen molar-refractivity contribution in [2.75, 3.05) is 0 Å². The van der Waals surface area contributed by atoms with Crippen molar-refractivity contribution in [1.29, 1.82) is 0 Å². The third-order valence-corrected chi connectivity index (χ3v) is 23.3. The van der Waals surface area contributed by atoms with E-state index in [-0.39, 0.29) is 46.6 Å². The summed E-state index contributed by atoms with van der Waals surface area (Å²) in [5, 5.41) is 30.8. The van der Waals surface area contributed by atoms with Crippen molar-refractivity contribution in [3.8, 4) is 0 Å². The van der Waals surface area contributed by atoms with Gasteiger partial charge in [-0.15, -0.1) is 12.4 Å². The molecule has 0 bridgehead atoms. The lowest BCUT2D eigenvalue weighted by Crippen LogP contribution is -2.37. The monoisotopic (exact) mass is 1120 g/mol. The van der Waals surface area contributed by atoms with Crippen LogP contribution in [0.25, 0.3) is 22.3 Å². The second kappa shape index (κ2) is 22.8. The molecule has 0 aliphatic heterocycles. The fourth-order valence-corrected chi connectivity index (χ4v) is 18.0. The smallest absolute Gasteiger partial charge is 0.141 e. The van der Waals surface area contributed by atoms with E-state index >= 15 is 0 Å². The lowest BCUT2D eigenvalue weighted by molar-refractivity contribution is -0.128. The summed E-state index contributed by atoms with van der Waals surface area (Å²) in [6.07, 6.45) is 27.7. The number of benzene rings is 4. The highest BCUT2D eigenvalue weighted by molar-refractivity contribution is 5.90. The van der Waals surface area contributed by atoms with E-state index in [4.69, 9.17) is 0 Å². The first-order chi connectivity index (χ1) is 38.8. The summed E-state index contributed by atoms with van der Waals surface area (Å²) < 4.78 is 0. The molecule has 3 N–H and O–H groups in total. The predicted octanol–water partition coefficient (Wildman–Crippen LogP) is 17.2. The van der Waals surface area contributed by atoms with Gasteiger partial charge in [0, 0.05) is 29.1 Å². The molecule has 5 nitrogen and oxygen atoms in total. The number of ketones is 2. The van der Waals surface area contributed by atoms with Gasteiger partial charge in [0.1, 0.15) is 11.6 Å². The normalized spacial score (nSPS) is 32.0. The number of Topliss-reactive ketones (excluding diaryl/α,β-unsaturated/α-hetero) is 2. The lowest BCUT2D eigenvalue weighted by Gasteiger charge is -2.43. The number of allylic oxidation sites excluding steroid dienone is 8. The molecule has 0 unspecified atom stereocenters. The van der Waals surface area contributed by atoms with E-state index in [1.807, 2.05) is 6.92 Å². The quantitative estimate of drug-likeness (QED) is 0.186. The summed E-state index contributed by atoms with van der Waals surface area (Å²) >= 11 is 0. The number of aryl methyl sites for hydroxylation is 8. The van der Waals surface area contributed by atoms with Crippen LogP contribution in [0.5, 0.6) is 0 Å².